The van der Waals surface area contributed by atoms with Gasteiger partial charge in [-0.25, -0.2) is 5.43 Å². The first-order valence-electron chi connectivity index (χ1n) is 8.31. The predicted molar refractivity (Wildman–Crippen MR) is 95.8 cm³/mol. The molecule has 1 amide bonds. The van der Waals surface area contributed by atoms with E-state index in [1.54, 1.807) is 12.1 Å². The van der Waals surface area contributed by atoms with Crippen LogP contribution in [0.2, 0.25) is 0 Å². The molecule has 2 aromatic rings. The normalized spacial score (nSPS) is 13.7. The van der Waals surface area contributed by atoms with E-state index in [9.17, 15) is 13.6 Å². The van der Waals surface area contributed by atoms with Crippen LogP contribution >= 0.6 is 0 Å². The Balaban J connectivity index is 1.52. The van der Waals surface area contributed by atoms with Gasteiger partial charge in [0.1, 0.15) is 5.75 Å². The first-order chi connectivity index (χ1) is 12.6. The Morgan fingerprint density at radius 3 is 2.77 bits per heavy atom. The number of nitrogens with zero attached hydrogens (tertiary/aromatic N) is 2. The topological polar surface area (TPSA) is 53.9 Å². The van der Waals surface area contributed by atoms with Crippen molar-refractivity contribution < 1.29 is 18.3 Å². The molecular weight excluding hydrogens is 340 g/mol. The van der Waals surface area contributed by atoms with Crippen molar-refractivity contribution in [3.05, 3.63) is 59.7 Å². The number of fused-ring (bicyclic) bond motifs is 1. The zero-order chi connectivity index (χ0) is 18.4. The number of rotatable bonds is 6. The fraction of sp³-hybridized carbons (Fsp3) is 0.263. The Morgan fingerprint density at radius 1 is 1.23 bits per heavy atom. The molecule has 1 aliphatic heterocycles. The van der Waals surface area contributed by atoms with E-state index < -0.39 is 6.61 Å². The van der Waals surface area contributed by atoms with Crippen LogP contribution in [0.4, 0.5) is 14.5 Å². The molecule has 1 aliphatic rings. The van der Waals surface area contributed by atoms with Crippen molar-refractivity contribution in [2.75, 3.05) is 18.0 Å². The average Bonchev–Trinajstić information content (AvgIpc) is 2.63. The SMILES string of the molecule is O=C(CN1CCCc2ccccc21)NN=Cc1ccc(OC(F)F)cc1. The number of para-hydroxylation sites is 1. The minimum atomic E-state index is -2.85. The molecule has 0 radical (unpaired) electrons. The van der Waals surface area contributed by atoms with Crippen molar-refractivity contribution in [3.8, 4) is 5.75 Å². The van der Waals surface area contributed by atoms with Gasteiger partial charge in [-0.2, -0.15) is 13.9 Å². The van der Waals surface area contributed by atoms with Gasteiger partial charge in [0.05, 0.1) is 12.8 Å². The van der Waals surface area contributed by atoms with Crippen LogP contribution in [-0.4, -0.2) is 31.8 Å². The number of carbonyl (C=O) groups excluding carboxylic acids is 1. The highest BCUT2D eigenvalue weighted by Crippen LogP contribution is 2.26. The second-order valence-corrected chi connectivity index (χ2v) is 5.89. The summed E-state index contributed by atoms with van der Waals surface area (Å²) in [5, 5.41) is 3.91. The van der Waals surface area contributed by atoms with Gasteiger partial charge in [-0.1, -0.05) is 18.2 Å². The summed E-state index contributed by atoms with van der Waals surface area (Å²) in [4.78, 5) is 14.2. The molecule has 0 atom stereocenters. The summed E-state index contributed by atoms with van der Waals surface area (Å²) in [6.07, 6.45) is 3.49. The number of hydrogen-bond acceptors (Lipinski definition) is 4. The zero-order valence-electron chi connectivity index (χ0n) is 14.1. The van der Waals surface area contributed by atoms with Crippen LogP contribution in [0.25, 0.3) is 0 Å². The zero-order valence-corrected chi connectivity index (χ0v) is 14.1. The molecule has 0 aliphatic carbocycles. The molecule has 5 nitrogen and oxygen atoms in total. The summed E-state index contributed by atoms with van der Waals surface area (Å²) in [6, 6.07) is 14.1. The van der Waals surface area contributed by atoms with Crippen LogP contribution in [0, 0.1) is 0 Å². The highest BCUT2D eigenvalue weighted by Gasteiger charge is 2.18. The molecule has 136 valence electrons. The number of alkyl halides is 2. The summed E-state index contributed by atoms with van der Waals surface area (Å²) in [6.45, 7) is -1.79. The van der Waals surface area contributed by atoms with E-state index in [2.05, 4.69) is 21.3 Å². The van der Waals surface area contributed by atoms with Crippen LogP contribution in [0.5, 0.6) is 5.75 Å². The summed E-state index contributed by atoms with van der Waals surface area (Å²) >= 11 is 0. The molecular formula is C19H19F2N3O2. The fourth-order valence-corrected chi connectivity index (χ4v) is 2.90. The standard InChI is InChI=1S/C19H19F2N3O2/c20-19(21)26-16-9-7-14(8-10-16)12-22-23-18(25)13-24-11-3-5-15-4-1-2-6-17(15)24/h1-2,4,6-10,12,19H,3,5,11,13H2,(H,23,25). The smallest absolute Gasteiger partial charge is 0.387 e. The quantitative estimate of drug-likeness (QED) is 0.637. The van der Waals surface area contributed by atoms with Gasteiger partial charge in [-0.05, 0) is 54.3 Å². The third-order valence-corrected chi connectivity index (χ3v) is 4.05. The Bertz CT molecular complexity index is 779. The Kier molecular flexibility index (Phi) is 5.78. The summed E-state index contributed by atoms with van der Waals surface area (Å²) in [5.74, 6) is -0.138. The third kappa shape index (κ3) is 4.78. The molecule has 1 heterocycles. The van der Waals surface area contributed by atoms with Crippen molar-refractivity contribution in [2.24, 2.45) is 5.10 Å². The molecule has 0 fully saturated rings. The van der Waals surface area contributed by atoms with Crippen LogP contribution in [0.1, 0.15) is 17.5 Å². The Hall–Kier alpha value is -2.96. The monoisotopic (exact) mass is 359 g/mol. The second kappa shape index (κ2) is 8.42. The van der Waals surface area contributed by atoms with E-state index in [1.165, 1.54) is 23.9 Å². The van der Waals surface area contributed by atoms with Crippen molar-refractivity contribution in [1.29, 1.82) is 0 Å². The number of hydrazone groups is 1. The molecule has 26 heavy (non-hydrogen) atoms. The maximum Gasteiger partial charge on any atom is 0.387 e. The number of anilines is 1. The Morgan fingerprint density at radius 2 is 2.00 bits per heavy atom. The van der Waals surface area contributed by atoms with E-state index in [1.807, 2.05) is 23.1 Å². The lowest BCUT2D eigenvalue weighted by atomic mass is 10.0. The number of aryl methyl sites for hydroxylation is 1. The molecule has 0 spiro atoms. The van der Waals surface area contributed by atoms with Gasteiger partial charge in [-0.15, -0.1) is 0 Å². The van der Waals surface area contributed by atoms with Gasteiger partial charge in [0.2, 0.25) is 0 Å². The average molecular weight is 359 g/mol. The minimum absolute atomic E-state index is 0.0740. The van der Waals surface area contributed by atoms with E-state index in [0.29, 0.717) is 5.56 Å². The van der Waals surface area contributed by atoms with Gasteiger partial charge >= 0.3 is 6.61 Å². The highest BCUT2D eigenvalue weighted by atomic mass is 19.3. The second-order valence-electron chi connectivity index (χ2n) is 5.89. The first kappa shape index (κ1) is 17.8. The lowest BCUT2D eigenvalue weighted by molar-refractivity contribution is -0.119. The molecule has 0 bridgehead atoms. The van der Waals surface area contributed by atoms with Gasteiger partial charge in [0, 0.05) is 12.2 Å². The van der Waals surface area contributed by atoms with E-state index in [4.69, 9.17) is 0 Å². The lowest BCUT2D eigenvalue weighted by Crippen LogP contribution is -2.38. The van der Waals surface area contributed by atoms with Crippen LogP contribution in [0.3, 0.4) is 0 Å². The molecule has 0 saturated heterocycles. The van der Waals surface area contributed by atoms with Crippen molar-refractivity contribution in [2.45, 2.75) is 19.5 Å². The number of halogens is 2. The van der Waals surface area contributed by atoms with Crippen LogP contribution in [0.15, 0.2) is 53.6 Å². The van der Waals surface area contributed by atoms with Gasteiger partial charge in [0.25, 0.3) is 5.91 Å². The van der Waals surface area contributed by atoms with E-state index in [-0.39, 0.29) is 18.2 Å². The van der Waals surface area contributed by atoms with Crippen molar-refractivity contribution in [1.82, 2.24) is 5.43 Å². The van der Waals surface area contributed by atoms with Crippen molar-refractivity contribution in [3.63, 3.8) is 0 Å². The number of hydrogen-bond donors (Lipinski definition) is 1. The predicted octanol–water partition coefficient (Wildman–Crippen LogP) is 3.19. The number of carbonyl (C=O) groups is 1. The Labute approximate surface area is 150 Å². The number of benzene rings is 2. The van der Waals surface area contributed by atoms with E-state index in [0.717, 1.165) is 25.1 Å². The number of amides is 1. The lowest BCUT2D eigenvalue weighted by Gasteiger charge is -2.30. The van der Waals surface area contributed by atoms with E-state index >= 15 is 0 Å². The van der Waals surface area contributed by atoms with Gasteiger partial charge in [-0.3, -0.25) is 4.79 Å². The van der Waals surface area contributed by atoms with Gasteiger partial charge < -0.3 is 9.64 Å². The molecule has 0 unspecified atom stereocenters. The fourth-order valence-electron chi connectivity index (χ4n) is 2.90. The first-order valence-corrected chi connectivity index (χ1v) is 8.31. The molecule has 3 rings (SSSR count). The largest absolute Gasteiger partial charge is 0.435 e. The maximum absolute atomic E-state index is 12.1. The molecule has 0 saturated carbocycles. The highest BCUT2D eigenvalue weighted by molar-refractivity contribution is 5.85. The summed E-state index contributed by atoms with van der Waals surface area (Å²) < 4.78 is 28.5. The summed E-state index contributed by atoms with van der Waals surface area (Å²) in [7, 11) is 0. The van der Waals surface area contributed by atoms with Gasteiger partial charge in [0.15, 0.2) is 0 Å². The van der Waals surface area contributed by atoms with Crippen LogP contribution in [-0.2, 0) is 11.2 Å². The third-order valence-electron chi connectivity index (χ3n) is 4.05. The maximum atomic E-state index is 12.1. The van der Waals surface area contributed by atoms with Crippen LogP contribution < -0.4 is 15.1 Å². The molecule has 7 heteroatoms. The van der Waals surface area contributed by atoms with Crippen molar-refractivity contribution >= 4 is 17.8 Å². The number of nitrogens with one attached hydrogen (secondary N) is 1. The molecule has 1 N–H and O–H groups in total. The summed E-state index contributed by atoms with van der Waals surface area (Å²) in [5.41, 5.74) is 5.50. The number of ether oxygens (including phenoxy) is 1. The molecule has 2 aromatic carbocycles. The minimum Gasteiger partial charge on any atom is -0.435 e. The molecule has 0 aromatic heterocycles.